The van der Waals surface area contributed by atoms with Gasteiger partial charge in [0.2, 0.25) is 0 Å². The zero-order valence-corrected chi connectivity index (χ0v) is 17.8. The SMILES string of the molecule is Cc1ccc(NS(=O)(=O)c2cc(C(=O)N3CCC4CCCCC43)ccc2C)cc1. The number of hydrogen-bond donors (Lipinski definition) is 1. The summed E-state index contributed by atoms with van der Waals surface area (Å²) in [6.45, 7) is 4.48. The lowest BCUT2D eigenvalue weighted by atomic mass is 9.85. The number of amides is 1. The highest BCUT2D eigenvalue weighted by Crippen LogP contribution is 2.37. The summed E-state index contributed by atoms with van der Waals surface area (Å²) in [5.41, 5.74) is 2.64. The van der Waals surface area contributed by atoms with Gasteiger partial charge in [0.15, 0.2) is 0 Å². The summed E-state index contributed by atoms with van der Waals surface area (Å²) in [7, 11) is -3.78. The van der Waals surface area contributed by atoms with Gasteiger partial charge in [0.25, 0.3) is 15.9 Å². The van der Waals surface area contributed by atoms with E-state index >= 15 is 0 Å². The lowest BCUT2D eigenvalue weighted by molar-refractivity contribution is 0.0690. The maximum atomic E-state index is 13.2. The Balaban J connectivity index is 1.60. The first-order valence-corrected chi connectivity index (χ1v) is 11.8. The number of anilines is 1. The van der Waals surface area contributed by atoms with Crippen molar-refractivity contribution in [1.82, 2.24) is 4.90 Å². The molecule has 2 aromatic carbocycles. The number of nitrogens with zero attached hydrogens (tertiary/aromatic N) is 1. The molecule has 1 aliphatic carbocycles. The van der Waals surface area contributed by atoms with Crippen LogP contribution in [0.1, 0.15) is 53.6 Å². The van der Waals surface area contributed by atoms with Crippen LogP contribution in [0.5, 0.6) is 0 Å². The molecule has 1 heterocycles. The van der Waals surface area contributed by atoms with E-state index in [1.54, 1.807) is 31.2 Å². The Bertz CT molecular complexity index is 1010. The highest BCUT2D eigenvalue weighted by molar-refractivity contribution is 7.92. The second-order valence-corrected chi connectivity index (χ2v) is 10.0. The van der Waals surface area contributed by atoms with E-state index in [1.807, 2.05) is 24.0 Å². The Kier molecular flexibility index (Phi) is 5.38. The summed E-state index contributed by atoms with van der Waals surface area (Å²) in [4.78, 5) is 15.3. The van der Waals surface area contributed by atoms with Gasteiger partial charge in [-0.3, -0.25) is 9.52 Å². The number of carbonyl (C=O) groups is 1. The Morgan fingerprint density at radius 2 is 1.72 bits per heavy atom. The highest BCUT2D eigenvalue weighted by Gasteiger charge is 2.38. The molecule has 2 fully saturated rings. The molecule has 2 unspecified atom stereocenters. The standard InChI is InChI=1S/C23H28N2O3S/c1-16-7-11-20(12-8-16)24-29(27,28)22-15-19(10-9-17(22)2)23(26)25-14-13-18-5-3-4-6-21(18)25/h7-12,15,18,21,24H,3-6,13-14H2,1-2H3. The van der Waals surface area contributed by atoms with Crippen molar-refractivity contribution in [3.8, 4) is 0 Å². The van der Waals surface area contributed by atoms with Gasteiger partial charge in [-0.2, -0.15) is 0 Å². The Morgan fingerprint density at radius 1 is 1.00 bits per heavy atom. The summed E-state index contributed by atoms with van der Waals surface area (Å²) in [6, 6.07) is 12.5. The molecule has 4 rings (SSSR count). The van der Waals surface area contributed by atoms with E-state index in [-0.39, 0.29) is 10.8 Å². The highest BCUT2D eigenvalue weighted by atomic mass is 32.2. The third-order valence-corrected chi connectivity index (χ3v) is 7.82. The summed E-state index contributed by atoms with van der Waals surface area (Å²) < 4.78 is 28.6. The second kappa shape index (κ2) is 7.82. The monoisotopic (exact) mass is 412 g/mol. The van der Waals surface area contributed by atoms with Crippen LogP contribution in [0.2, 0.25) is 0 Å². The first-order valence-electron chi connectivity index (χ1n) is 10.4. The third-order valence-electron chi connectivity index (χ3n) is 6.30. The van der Waals surface area contributed by atoms with Crippen molar-refractivity contribution in [2.45, 2.75) is 56.9 Å². The van der Waals surface area contributed by atoms with Crippen LogP contribution in [0.25, 0.3) is 0 Å². The summed E-state index contributed by atoms with van der Waals surface area (Å²) in [5.74, 6) is 0.552. The number of benzene rings is 2. The maximum absolute atomic E-state index is 13.2. The number of fused-ring (bicyclic) bond motifs is 1. The van der Waals surface area contributed by atoms with Gasteiger partial charge in [0.1, 0.15) is 0 Å². The van der Waals surface area contributed by atoms with Gasteiger partial charge in [-0.1, -0.05) is 36.6 Å². The van der Waals surface area contributed by atoms with Crippen LogP contribution in [0.4, 0.5) is 5.69 Å². The number of aryl methyl sites for hydroxylation is 2. The molecule has 2 aromatic rings. The fraction of sp³-hybridized carbons (Fsp3) is 0.435. The Hall–Kier alpha value is -2.34. The van der Waals surface area contributed by atoms with E-state index in [2.05, 4.69) is 4.72 Å². The predicted octanol–water partition coefficient (Wildman–Crippen LogP) is 4.51. The van der Waals surface area contributed by atoms with Gasteiger partial charge in [-0.25, -0.2) is 8.42 Å². The molecule has 2 atom stereocenters. The molecule has 6 heteroatoms. The van der Waals surface area contributed by atoms with E-state index in [9.17, 15) is 13.2 Å². The molecule has 0 aromatic heterocycles. The molecular formula is C23H28N2O3S. The molecule has 1 saturated carbocycles. The lowest BCUT2D eigenvalue weighted by Crippen LogP contribution is -2.39. The average Bonchev–Trinajstić information content (AvgIpc) is 3.13. The number of sulfonamides is 1. The van der Waals surface area contributed by atoms with E-state index in [4.69, 9.17) is 0 Å². The maximum Gasteiger partial charge on any atom is 0.262 e. The van der Waals surface area contributed by atoms with Gasteiger partial charge < -0.3 is 4.90 Å². The average molecular weight is 413 g/mol. The van der Waals surface area contributed by atoms with Gasteiger partial charge in [-0.05, 0) is 68.9 Å². The van der Waals surface area contributed by atoms with E-state index < -0.39 is 10.0 Å². The molecule has 29 heavy (non-hydrogen) atoms. The molecule has 154 valence electrons. The molecule has 1 saturated heterocycles. The summed E-state index contributed by atoms with van der Waals surface area (Å²) in [6.07, 6.45) is 5.73. The van der Waals surface area contributed by atoms with E-state index in [1.165, 1.54) is 25.3 Å². The molecule has 5 nitrogen and oxygen atoms in total. The van der Waals surface area contributed by atoms with Gasteiger partial charge in [0.05, 0.1) is 4.90 Å². The first-order chi connectivity index (χ1) is 13.8. The minimum absolute atomic E-state index is 0.0498. The number of rotatable bonds is 4. The van der Waals surface area contributed by atoms with Crippen LogP contribution in [0.15, 0.2) is 47.4 Å². The normalized spacial score (nSPS) is 21.7. The zero-order chi connectivity index (χ0) is 20.6. The van der Waals surface area contributed by atoms with Crippen LogP contribution < -0.4 is 4.72 Å². The molecule has 1 amide bonds. The molecule has 1 N–H and O–H groups in total. The number of carbonyl (C=O) groups excluding carboxylic acids is 1. The quantitative estimate of drug-likeness (QED) is 0.803. The zero-order valence-electron chi connectivity index (χ0n) is 17.0. The van der Waals surface area contributed by atoms with Gasteiger partial charge >= 0.3 is 0 Å². The minimum Gasteiger partial charge on any atom is -0.335 e. The van der Waals surface area contributed by atoms with Crippen LogP contribution in [-0.2, 0) is 10.0 Å². The van der Waals surface area contributed by atoms with Crippen LogP contribution in [-0.4, -0.2) is 31.8 Å². The van der Waals surface area contributed by atoms with Crippen molar-refractivity contribution >= 4 is 21.6 Å². The summed E-state index contributed by atoms with van der Waals surface area (Å²) in [5, 5.41) is 0. The predicted molar refractivity (Wildman–Crippen MR) is 115 cm³/mol. The van der Waals surface area contributed by atoms with Crippen molar-refractivity contribution in [1.29, 1.82) is 0 Å². The Morgan fingerprint density at radius 3 is 2.48 bits per heavy atom. The largest absolute Gasteiger partial charge is 0.335 e. The van der Waals surface area contributed by atoms with E-state index in [0.29, 0.717) is 28.8 Å². The molecule has 0 radical (unpaired) electrons. The molecule has 1 aliphatic heterocycles. The second-order valence-electron chi connectivity index (χ2n) is 8.35. The van der Waals surface area contributed by atoms with E-state index in [0.717, 1.165) is 24.9 Å². The third kappa shape index (κ3) is 4.04. The number of nitrogens with one attached hydrogen (secondary N) is 1. The first kappa shape index (κ1) is 20.0. The van der Waals surface area contributed by atoms with Crippen molar-refractivity contribution in [3.05, 3.63) is 59.2 Å². The van der Waals surface area contributed by atoms with Crippen molar-refractivity contribution in [2.24, 2.45) is 5.92 Å². The minimum atomic E-state index is -3.78. The van der Waals surface area contributed by atoms with Crippen molar-refractivity contribution < 1.29 is 13.2 Å². The topological polar surface area (TPSA) is 66.5 Å². The molecule has 2 aliphatic rings. The fourth-order valence-corrected chi connectivity index (χ4v) is 6.01. The van der Waals surface area contributed by atoms with Crippen molar-refractivity contribution in [3.63, 3.8) is 0 Å². The lowest BCUT2D eigenvalue weighted by Gasteiger charge is -2.31. The molecule has 0 bridgehead atoms. The molecule has 0 spiro atoms. The van der Waals surface area contributed by atoms with Crippen molar-refractivity contribution in [2.75, 3.05) is 11.3 Å². The number of likely N-dealkylation sites (tertiary alicyclic amines) is 1. The van der Waals surface area contributed by atoms with Gasteiger partial charge in [-0.15, -0.1) is 0 Å². The fourth-order valence-electron chi connectivity index (χ4n) is 4.68. The summed E-state index contributed by atoms with van der Waals surface area (Å²) >= 11 is 0. The van der Waals surface area contributed by atoms with Crippen LogP contribution >= 0.6 is 0 Å². The molecular weight excluding hydrogens is 384 g/mol. The smallest absolute Gasteiger partial charge is 0.262 e. The van der Waals surface area contributed by atoms with Gasteiger partial charge in [0, 0.05) is 23.8 Å². The van der Waals surface area contributed by atoms with Crippen LogP contribution in [0, 0.1) is 19.8 Å². The Labute approximate surface area is 173 Å². The van der Waals surface area contributed by atoms with Crippen LogP contribution in [0.3, 0.4) is 0 Å². The number of hydrogen-bond acceptors (Lipinski definition) is 3.